The number of carbonyl (C=O) groups is 1. The molecule has 0 aliphatic heterocycles. The SMILES string of the molecule is CC(C)OC(=O)NS(=O)(=O)N(C)C(C)C(N)=NO. The Labute approximate surface area is 106 Å². The smallest absolute Gasteiger partial charge is 0.422 e. The maximum Gasteiger partial charge on any atom is 0.422 e. The highest BCUT2D eigenvalue weighted by Crippen LogP contribution is 2.03. The van der Waals surface area contributed by atoms with Crippen LogP contribution in [-0.4, -0.2) is 49.1 Å². The average Bonchev–Trinajstić information content (AvgIpc) is 2.23. The topological polar surface area (TPSA) is 134 Å². The second kappa shape index (κ2) is 6.40. The fourth-order valence-electron chi connectivity index (χ4n) is 0.893. The van der Waals surface area contributed by atoms with E-state index in [9.17, 15) is 13.2 Å². The molecule has 0 aromatic heterocycles. The molecule has 1 unspecified atom stereocenters. The van der Waals surface area contributed by atoms with E-state index in [0.717, 1.165) is 4.31 Å². The van der Waals surface area contributed by atoms with Crippen molar-refractivity contribution in [2.45, 2.75) is 32.9 Å². The van der Waals surface area contributed by atoms with Gasteiger partial charge in [-0.1, -0.05) is 5.16 Å². The minimum atomic E-state index is -4.12. The normalized spacial score (nSPS) is 14.7. The summed E-state index contributed by atoms with van der Waals surface area (Å²) >= 11 is 0. The van der Waals surface area contributed by atoms with Crippen LogP contribution in [0.5, 0.6) is 0 Å². The molecule has 4 N–H and O–H groups in total. The molecule has 0 aromatic carbocycles. The van der Waals surface area contributed by atoms with Crippen LogP contribution in [0.25, 0.3) is 0 Å². The van der Waals surface area contributed by atoms with E-state index in [0.29, 0.717) is 0 Å². The van der Waals surface area contributed by atoms with Crippen molar-refractivity contribution in [2.75, 3.05) is 7.05 Å². The van der Waals surface area contributed by atoms with Gasteiger partial charge in [0.25, 0.3) is 0 Å². The van der Waals surface area contributed by atoms with Gasteiger partial charge in [0.15, 0.2) is 5.84 Å². The van der Waals surface area contributed by atoms with Crippen molar-refractivity contribution in [1.29, 1.82) is 0 Å². The van der Waals surface area contributed by atoms with Gasteiger partial charge in [-0.25, -0.2) is 9.52 Å². The van der Waals surface area contributed by atoms with E-state index in [1.54, 1.807) is 18.6 Å². The van der Waals surface area contributed by atoms with Crippen molar-refractivity contribution >= 4 is 22.1 Å². The molecule has 0 aliphatic carbocycles. The molecule has 9 nitrogen and oxygen atoms in total. The molecule has 0 radical (unpaired) electrons. The molecule has 0 rings (SSSR count). The number of carbonyl (C=O) groups excluding carboxylic acids is 1. The maximum atomic E-state index is 11.7. The van der Waals surface area contributed by atoms with Gasteiger partial charge in [0.1, 0.15) is 0 Å². The summed E-state index contributed by atoms with van der Waals surface area (Å²) in [6, 6.07) is -0.917. The zero-order chi connectivity index (χ0) is 14.5. The Balaban J connectivity index is 4.79. The molecule has 0 saturated heterocycles. The summed E-state index contributed by atoms with van der Waals surface area (Å²) in [4.78, 5) is 11.2. The van der Waals surface area contributed by atoms with Gasteiger partial charge in [-0.05, 0) is 20.8 Å². The predicted octanol–water partition coefficient (Wildman–Crippen LogP) is -0.567. The first kappa shape index (κ1) is 16.4. The highest BCUT2D eigenvalue weighted by Gasteiger charge is 2.28. The van der Waals surface area contributed by atoms with Crippen LogP contribution in [0.4, 0.5) is 4.79 Å². The molecule has 1 amide bonds. The van der Waals surface area contributed by atoms with E-state index >= 15 is 0 Å². The van der Waals surface area contributed by atoms with Crippen LogP contribution in [0.15, 0.2) is 5.16 Å². The predicted molar refractivity (Wildman–Crippen MR) is 64.3 cm³/mol. The van der Waals surface area contributed by atoms with Gasteiger partial charge < -0.3 is 15.7 Å². The number of amides is 1. The molecule has 0 heterocycles. The zero-order valence-corrected chi connectivity index (χ0v) is 11.4. The summed E-state index contributed by atoms with van der Waals surface area (Å²) in [5.74, 6) is -0.305. The van der Waals surface area contributed by atoms with Gasteiger partial charge in [0.2, 0.25) is 0 Å². The van der Waals surface area contributed by atoms with Gasteiger partial charge in [0, 0.05) is 7.05 Å². The number of ether oxygens (including phenoxy) is 1. The summed E-state index contributed by atoms with van der Waals surface area (Å²) in [6.45, 7) is 4.55. The molecule has 0 aliphatic rings. The molecule has 1 atom stereocenters. The summed E-state index contributed by atoms with van der Waals surface area (Å²) < 4.78 is 30.5. The average molecular weight is 282 g/mol. The van der Waals surface area contributed by atoms with Crippen molar-refractivity contribution in [3.63, 3.8) is 0 Å². The van der Waals surface area contributed by atoms with Gasteiger partial charge in [0.05, 0.1) is 12.1 Å². The third-order valence-electron chi connectivity index (χ3n) is 2.02. The van der Waals surface area contributed by atoms with Gasteiger partial charge in [-0.2, -0.15) is 12.7 Å². The third-order valence-corrected chi connectivity index (χ3v) is 3.52. The lowest BCUT2D eigenvalue weighted by Gasteiger charge is -2.23. The number of nitrogens with zero attached hydrogens (tertiary/aromatic N) is 2. The largest absolute Gasteiger partial charge is 0.446 e. The monoisotopic (exact) mass is 282 g/mol. The molecular formula is C8H18N4O5S. The first-order valence-electron chi connectivity index (χ1n) is 5.05. The Bertz CT molecular complexity index is 419. The van der Waals surface area contributed by atoms with E-state index < -0.39 is 28.4 Å². The summed E-state index contributed by atoms with van der Waals surface area (Å²) in [6.07, 6.45) is -1.55. The lowest BCUT2D eigenvalue weighted by Crippen LogP contribution is -2.50. The second-order valence-corrected chi connectivity index (χ2v) is 5.51. The van der Waals surface area contributed by atoms with E-state index in [4.69, 9.17) is 10.9 Å². The molecule has 10 heteroatoms. The molecule has 0 saturated carbocycles. The number of nitrogens with two attached hydrogens (primary N) is 1. The van der Waals surface area contributed by atoms with Crippen LogP contribution in [0, 0.1) is 0 Å². The van der Waals surface area contributed by atoms with Crippen LogP contribution < -0.4 is 10.5 Å². The third kappa shape index (κ3) is 4.75. The lowest BCUT2D eigenvalue weighted by molar-refractivity contribution is 0.121. The molecule has 0 fully saturated rings. The van der Waals surface area contributed by atoms with Crippen LogP contribution in [0.3, 0.4) is 0 Å². The Hall–Kier alpha value is -1.55. The molecule has 0 bridgehead atoms. The second-order valence-electron chi connectivity index (χ2n) is 3.78. The minimum absolute atomic E-state index is 0.305. The lowest BCUT2D eigenvalue weighted by atomic mass is 10.3. The minimum Gasteiger partial charge on any atom is -0.446 e. The van der Waals surface area contributed by atoms with Crippen molar-refractivity contribution < 1.29 is 23.2 Å². The summed E-state index contributed by atoms with van der Waals surface area (Å²) in [7, 11) is -2.95. The van der Waals surface area contributed by atoms with Crippen LogP contribution in [-0.2, 0) is 14.9 Å². The van der Waals surface area contributed by atoms with E-state index in [-0.39, 0.29) is 5.84 Å². The quantitative estimate of drug-likeness (QED) is 0.267. The Morgan fingerprint density at radius 2 is 1.94 bits per heavy atom. The maximum absolute atomic E-state index is 11.7. The Morgan fingerprint density at radius 3 is 2.33 bits per heavy atom. The summed E-state index contributed by atoms with van der Waals surface area (Å²) in [5, 5.41) is 11.1. The standard InChI is InChI=1S/C8H18N4O5S/c1-5(2)17-8(13)11-18(15,16)12(4)6(3)7(9)10-14/h5-6,14H,1-4H3,(H2,9,10)(H,11,13). The highest BCUT2D eigenvalue weighted by molar-refractivity contribution is 7.87. The fourth-order valence-corrected chi connectivity index (χ4v) is 1.82. The van der Waals surface area contributed by atoms with Crippen LogP contribution in [0.2, 0.25) is 0 Å². The number of hydrogen-bond donors (Lipinski definition) is 3. The van der Waals surface area contributed by atoms with Gasteiger partial charge >= 0.3 is 16.3 Å². The van der Waals surface area contributed by atoms with Crippen molar-refractivity contribution in [1.82, 2.24) is 9.03 Å². The number of rotatable bonds is 5. The molecule has 0 aromatic rings. The van der Waals surface area contributed by atoms with Crippen molar-refractivity contribution in [3.8, 4) is 0 Å². The van der Waals surface area contributed by atoms with Gasteiger partial charge in [-0.15, -0.1) is 0 Å². The summed E-state index contributed by atoms with van der Waals surface area (Å²) in [5.41, 5.74) is 5.28. The van der Waals surface area contributed by atoms with Crippen molar-refractivity contribution in [3.05, 3.63) is 0 Å². The molecule has 18 heavy (non-hydrogen) atoms. The fraction of sp³-hybridized carbons (Fsp3) is 0.750. The van der Waals surface area contributed by atoms with Crippen LogP contribution >= 0.6 is 0 Å². The van der Waals surface area contributed by atoms with Crippen LogP contribution in [0.1, 0.15) is 20.8 Å². The zero-order valence-electron chi connectivity index (χ0n) is 10.6. The number of amidine groups is 1. The number of nitrogens with one attached hydrogen (secondary N) is 1. The Kier molecular flexibility index (Phi) is 5.85. The van der Waals surface area contributed by atoms with E-state index in [1.165, 1.54) is 14.0 Å². The molecular weight excluding hydrogens is 264 g/mol. The van der Waals surface area contributed by atoms with Crippen molar-refractivity contribution in [2.24, 2.45) is 10.9 Å². The Morgan fingerprint density at radius 1 is 1.44 bits per heavy atom. The highest BCUT2D eigenvalue weighted by atomic mass is 32.2. The number of hydrogen-bond acceptors (Lipinski definition) is 6. The first-order valence-corrected chi connectivity index (χ1v) is 6.49. The number of likely N-dealkylation sites (N-methyl/N-ethyl adjacent to an activating group) is 1. The van der Waals surface area contributed by atoms with E-state index in [2.05, 4.69) is 9.89 Å². The van der Waals surface area contributed by atoms with Gasteiger partial charge in [-0.3, -0.25) is 0 Å². The molecule has 106 valence electrons. The first-order chi connectivity index (χ1) is 8.11. The number of oxime groups is 1. The molecule has 0 spiro atoms. The van der Waals surface area contributed by atoms with E-state index in [1.807, 2.05) is 0 Å².